The van der Waals surface area contributed by atoms with Crippen molar-refractivity contribution in [2.24, 2.45) is 52.3 Å². The zero-order chi connectivity index (χ0) is 20.6. The number of fused-ring (bicyclic) bond motifs is 5. The third-order valence-corrected chi connectivity index (χ3v) is 11.0. The average Bonchev–Trinajstić information content (AvgIpc) is 3.05. The van der Waals surface area contributed by atoms with Crippen LogP contribution < -0.4 is 0 Å². The Morgan fingerprint density at radius 1 is 0.897 bits per heavy atom. The largest absolute Gasteiger partial charge is 0.362 e. The van der Waals surface area contributed by atoms with E-state index in [1.807, 2.05) is 0 Å². The molecule has 2 heteroatoms. The molecule has 4 rings (SSSR count). The fourth-order valence-electron chi connectivity index (χ4n) is 9.42. The van der Waals surface area contributed by atoms with Crippen LogP contribution >= 0.6 is 0 Å². The summed E-state index contributed by atoms with van der Waals surface area (Å²) < 4.78 is 0. The lowest BCUT2D eigenvalue weighted by atomic mass is 9.44. The van der Waals surface area contributed by atoms with Crippen LogP contribution in [0.25, 0.3) is 5.53 Å². The van der Waals surface area contributed by atoms with E-state index >= 15 is 0 Å². The molecule has 0 amide bonds. The Morgan fingerprint density at radius 2 is 1.69 bits per heavy atom. The Morgan fingerprint density at radius 3 is 2.48 bits per heavy atom. The fraction of sp³-hybridized carbons (Fsp3) is 0.963. The van der Waals surface area contributed by atoms with E-state index in [9.17, 15) is 0 Å². The highest BCUT2D eigenvalue weighted by molar-refractivity contribution is 5.53. The van der Waals surface area contributed by atoms with Crippen LogP contribution in [0.2, 0.25) is 0 Å². The lowest BCUT2D eigenvalue weighted by molar-refractivity contribution is -0.114. The quantitative estimate of drug-likeness (QED) is 0.249. The molecule has 0 aliphatic heterocycles. The number of hydrogen-bond acceptors (Lipinski definition) is 0. The topological polar surface area (TPSA) is 36.4 Å². The summed E-state index contributed by atoms with van der Waals surface area (Å²) >= 11 is 0. The van der Waals surface area contributed by atoms with E-state index in [1.165, 1.54) is 70.6 Å². The monoisotopic (exact) mass is 398 g/mol. The van der Waals surface area contributed by atoms with Crippen molar-refractivity contribution in [2.75, 3.05) is 0 Å². The smallest absolute Gasteiger partial charge is 0.260 e. The van der Waals surface area contributed by atoms with Gasteiger partial charge in [0.05, 0.1) is 5.92 Å². The van der Waals surface area contributed by atoms with Crippen LogP contribution in [-0.2, 0) is 0 Å². The molecular weight excluding hydrogens is 352 g/mol. The SMILES string of the molecule is CC(C=[N+]=[N-])CCC[C@@H](C)[C@H]1CC[C@H]2[C@@H]3CCC4CCCC[C@]4(C)[C@H]3CC[C@]12C. The summed E-state index contributed by atoms with van der Waals surface area (Å²) in [6, 6.07) is 0. The van der Waals surface area contributed by atoms with Gasteiger partial charge in [-0.2, -0.15) is 4.79 Å². The lowest BCUT2D eigenvalue weighted by Gasteiger charge is -2.61. The maximum absolute atomic E-state index is 8.74. The zero-order valence-electron chi connectivity index (χ0n) is 19.7. The van der Waals surface area contributed by atoms with Crippen molar-refractivity contribution in [2.45, 2.75) is 111 Å². The average molecular weight is 399 g/mol. The Bertz CT molecular complexity index is 622. The summed E-state index contributed by atoms with van der Waals surface area (Å²) in [6.07, 6.45) is 20.6. The molecule has 4 aliphatic carbocycles. The minimum absolute atomic E-state index is 0.404. The van der Waals surface area contributed by atoms with Crippen molar-refractivity contribution in [1.82, 2.24) is 0 Å². The number of hydrogen-bond donors (Lipinski definition) is 0. The molecule has 0 aromatic rings. The van der Waals surface area contributed by atoms with Crippen LogP contribution in [0.5, 0.6) is 0 Å². The predicted octanol–water partition coefficient (Wildman–Crippen LogP) is 7.78. The maximum atomic E-state index is 8.74. The van der Waals surface area contributed by atoms with Crippen LogP contribution in [-0.4, -0.2) is 11.0 Å². The highest BCUT2D eigenvalue weighted by Gasteiger charge is 2.59. The summed E-state index contributed by atoms with van der Waals surface area (Å²) in [5.74, 6) is 6.31. The molecule has 0 spiro atoms. The van der Waals surface area contributed by atoms with Gasteiger partial charge in [-0.15, -0.1) is 0 Å². The first-order chi connectivity index (χ1) is 13.9. The van der Waals surface area contributed by atoms with Crippen LogP contribution in [0.4, 0.5) is 0 Å². The van der Waals surface area contributed by atoms with Crippen molar-refractivity contribution in [3.63, 3.8) is 0 Å². The van der Waals surface area contributed by atoms with E-state index < -0.39 is 0 Å². The van der Waals surface area contributed by atoms with Crippen molar-refractivity contribution in [3.8, 4) is 0 Å². The summed E-state index contributed by atoms with van der Waals surface area (Å²) in [4.78, 5) is 3.22. The van der Waals surface area contributed by atoms with Gasteiger partial charge in [-0.05, 0) is 104 Å². The van der Waals surface area contributed by atoms with Crippen LogP contribution in [0.1, 0.15) is 111 Å². The zero-order valence-corrected chi connectivity index (χ0v) is 19.7. The van der Waals surface area contributed by atoms with Crippen molar-refractivity contribution in [3.05, 3.63) is 5.53 Å². The second kappa shape index (κ2) is 8.49. The number of rotatable bonds is 6. The minimum atomic E-state index is 0.404. The molecule has 2 unspecified atom stereocenters. The van der Waals surface area contributed by atoms with Crippen LogP contribution in [0.15, 0.2) is 0 Å². The van der Waals surface area contributed by atoms with Gasteiger partial charge in [0.15, 0.2) is 0 Å². The predicted molar refractivity (Wildman–Crippen MR) is 122 cm³/mol. The van der Waals surface area contributed by atoms with Crippen molar-refractivity contribution >= 4 is 6.21 Å². The van der Waals surface area contributed by atoms with Crippen LogP contribution in [0.3, 0.4) is 0 Å². The van der Waals surface area contributed by atoms with E-state index in [-0.39, 0.29) is 0 Å². The minimum Gasteiger partial charge on any atom is -0.362 e. The van der Waals surface area contributed by atoms with E-state index in [2.05, 4.69) is 32.5 Å². The van der Waals surface area contributed by atoms with Gasteiger partial charge < -0.3 is 5.53 Å². The van der Waals surface area contributed by atoms with Gasteiger partial charge in [0, 0.05) is 0 Å². The molecule has 2 nitrogen and oxygen atoms in total. The standard InChI is InChI=1S/C27H46N2/c1-19(18-29-28)8-7-9-20(2)23-13-14-24-22-12-11-21-10-5-6-16-26(21,3)25(22)15-17-27(23,24)4/h18-25H,5-17H2,1-4H3/t19?,20-,21?,22+,23-,24+,25+,26+,27-/m1/s1. The molecule has 4 fully saturated rings. The molecule has 0 aromatic carbocycles. The molecule has 0 heterocycles. The molecule has 0 aromatic heterocycles. The van der Waals surface area contributed by atoms with Gasteiger partial charge in [-0.3, -0.25) is 0 Å². The Kier molecular flexibility index (Phi) is 6.32. The summed E-state index contributed by atoms with van der Waals surface area (Å²) in [5.41, 5.74) is 10.0. The molecular formula is C27H46N2. The van der Waals surface area contributed by atoms with Crippen molar-refractivity contribution in [1.29, 1.82) is 0 Å². The van der Waals surface area contributed by atoms with Gasteiger partial charge in [-0.1, -0.05) is 53.4 Å². The maximum Gasteiger partial charge on any atom is 0.260 e. The summed E-state index contributed by atoms with van der Waals surface area (Å²) in [7, 11) is 0. The van der Waals surface area contributed by atoms with E-state index in [0.29, 0.717) is 16.7 Å². The van der Waals surface area contributed by atoms with Gasteiger partial charge in [0.1, 0.15) is 0 Å². The van der Waals surface area contributed by atoms with E-state index in [4.69, 9.17) is 5.53 Å². The number of nitrogens with zero attached hydrogens (tertiary/aromatic N) is 2. The molecule has 164 valence electrons. The normalized spacial score (nSPS) is 46.0. The Labute approximate surface area is 180 Å². The summed E-state index contributed by atoms with van der Waals surface area (Å²) in [5, 5.41) is 0. The van der Waals surface area contributed by atoms with Gasteiger partial charge in [0.25, 0.3) is 6.21 Å². The first kappa shape index (κ1) is 21.6. The first-order valence-electron chi connectivity index (χ1n) is 13.1. The molecule has 4 aliphatic rings. The summed E-state index contributed by atoms with van der Waals surface area (Å²) in [6.45, 7) is 10.1. The molecule has 29 heavy (non-hydrogen) atoms. The Balaban J connectivity index is 1.42. The molecule has 0 saturated heterocycles. The third-order valence-electron chi connectivity index (χ3n) is 11.0. The van der Waals surface area contributed by atoms with Gasteiger partial charge >= 0.3 is 0 Å². The Hall–Kier alpha value is -0.620. The van der Waals surface area contributed by atoms with E-state index in [1.54, 1.807) is 12.6 Å². The van der Waals surface area contributed by atoms with Gasteiger partial charge in [-0.25, -0.2) is 0 Å². The molecule has 0 bridgehead atoms. The second-order valence-corrected chi connectivity index (χ2v) is 12.3. The fourth-order valence-corrected chi connectivity index (χ4v) is 9.42. The molecule has 0 radical (unpaired) electrons. The second-order valence-electron chi connectivity index (χ2n) is 12.3. The van der Waals surface area contributed by atoms with Crippen molar-refractivity contribution < 1.29 is 4.79 Å². The molecule has 9 atom stereocenters. The highest BCUT2D eigenvalue weighted by atomic mass is 14.8. The molecule has 4 saturated carbocycles. The highest BCUT2D eigenvalue weighted by Crippen LogP contribution is 2.68. The van der Waals surface area contributed by atoms with Gasteiger partial charge in [0.2, 0.25) is 0 Å². The third kappa shape index (κ3) is 3.77. The lowest BCUT2D eigenvalue weighted by Crippen LogP contribution is -2.53. The molecule has 0 N–H and O–H groups in total. The van der Waals surface area contributed by atoms with Crippen LogP contribution in [0, 0.1) is 52.3 Å². The first-order valence-corrected chi connectivity index (χ1v) is 13.1. The van der Waals surface area contributed by atoms with E-state index in [0.717, 1.165) is 41.9 Å².